The van der Waals surface area contributed by atoms with E-state index in [1.54, 1.807) is 14.2 Å². The molecule has 0 radical (unpaired) electrons. The van der Waals surface area contributed by atoms with Crippen LogP contribution in [0.5, 0.6) is 11.5 Å². The molecule has 1 heterocycles. The highest BCUT2D eigenvalue weighted by Crippen LogP contribution is 2.32. The van der Waals surface area contributed by atoms with Gasteiger partial charge in [0.25, 0.3) is 0 Å². The second kappa shape index (κ2) is 7.47. The van der Waals surface area contributed by atoms with Crippen molar-refractivity contribution in [1.29, 1.82) is 0 Å². The Morgan fingerprint density at radius 3 is 2.65 bits per heavy atom. The number of rotatable bonds is 6. The first-order valence-corrected chi connectivity index (χ1v) is 6.94. The highest BCUT2D eigenvalue weighted by molar-refractivity contribution is 5.44. The van der Waals surface area contributed by atoms with Crippen LogP contribution < -0.4 is 14.8 Å². The number of nitrogens with one attached hydrogen (secondary N) is 1. The molecule has 0 aliphatic carbocycles. The summed E-state index contributed by atoms with van der Waals surface area (Å²) in [6.45, 7) is 4.85. The molecule has 1 fully saturated rings. The van der Waals surface area contributed by atoms with Crippen LogP contribution in [0.4, 0.5) is 0 Å². The molecule has 1 aliphatic heterocycles. The summed E-state index contributed by atoms with van der Waals surface area (Å²) < 4.78 is 22.0. The van der Waals surface area contributed by atoms with E-state index in [4.69, 9.17) is 18.9 Å². The Morgan fingerprint density at radius 1 is 1.25 bits per heavy atom. The summed E-state index contributed by atoms with van der Waals surface area (Å²) in [5.41, 5.74) is 1.11. The number of methoxy groups -OCH3 is 2. The lowest BCUT2D eigenvalue weighted by atomic mass is 10.0. The summed E-state index contributed by atoms with van der Waals surface area (Å²) in [7, 11) is 3.28. The monoisotopic (exact) mass is 281 g/mol. The third kappa shape index (κ3) is 3.42. The molecule has 2 unspecified atom stereocenters. The Bertz CT molecular complexity index is 418. The zero-order valence-electron chi connectivity index (χ0n) is 12.3. The Hall–Kier alpha value is -1.30. The summed E-state index contributed by atoms with van der Waals surface area (Å²) >= 11 is 0. The molecule has 0 aromatic heterocycles. The van der Waals surface area contributed by atoms with Gasteiger partial charge in [0.1, 0.15) is 6.10 Å². The van der Waals surface area contributed by atoms with Gasteiger partial charge in [-0.25, -0.2) is 0 Å². The average Bonchev–Trinajstić information content (AvgIpc) is 2.52. The molecule has 5 heteroatoms. The zero-order valence-corrected chi connectivity index (χ0v) is 12.3. The molecule has 1 N–H and O–H groups in total. The van der Waals surface area contributed by atoms with Crippen molar-refractivity contribution in [3.8, 4) is 11.5 Å². The van der Waals surface area contributed by atoms with E-state index >= 15 is 0 Å². The molecule has 112 valence electrons. The summed E-state index contributed by atoms with van der Waals surface area (Å²) in [6, 6.07) is 6.03. The number of hydrogen-bond donors (Lipinski definition) is 1. The lowest BCUT2D eigenvalue weighted by molar-refractivity contribution is -0.102. The van der Waals surface area contributed by atoms with E-state index in [-0.39, 0.29) is 12.1 Å². The van der Waals surface area contributed by atoms with E-state index in [1.807, 2.05) is 18.2 Å². The largest absolute Gasteiger partial charge is 0.493 e. The minimum Gasteiger partial charge on any atom is -0.493 e. The fraction of sp³-hybridized carbons (Fsp3) is 0.600. The van der Waals surface area contributed by atoms with Crippen molar-refractivity contribution in [3.05, 3.63) is 23.8 Å². The highest BCUT2D eigenvalue weighted by atomic mass is 16.6. The molecule has 0 saturated carbocycles. The van der Waals surface area contributed by atoms with Crippen LogP contribution in [-0.4, -0.2) is 46.7 Å². The minimum absolute atomic E-state index is 0.0156. The predicted molar refractivity (Wildman–Crippen MR) is 76.5 cm³/mol. The van der Waals surface area contributed by atoms with E-state index in [2.05, 4.69) is 12.2 Å². The first-order valence-electron chi connectivity index (χ1n) is 6.94. The molecule has 2 atom stereocenters. The van der Waals surface area contributed by atoms with Crippen molar-refractivity contribution < 1.29 is 18.9 Å². The molecule has 1 aromatic rings. The summed E-state index contributed by atoms with van der Waals surface area (Å²) in [5.74, 6) is 1.46. The molecule has 0 spiro atoms. The zero-order chi connectivity index (χ0) is 14.4. The molecule has 2 rings (SSSR count). The minimum atomic E-state index is 0.0156. The Morgan fingerprint density at radius 2 is 2.05 bits per heavy atom. The van der Waals surface area contributed by atoms with Crippen molar-refractivity contribution in [3.63, 3.8) is 0 Å². The fourth-order valence-corrected chi connectivity index (χ4v) is 2.43. The van der Waals surface area contributed by atoms with Crippen molar-refractivity contribution >= 4 is 0 Å². The first kappa shape index (κ1) is 15.1. The van der Waals surface area contributed by atoms with Gasteiger partial charge in [-0.3, -0.25) is 0 Å². The lowest BCUT2D eigenvalue weighted by Crippen LogP contribution is -2.40. The third-order valence-electron chi connectivity index (χ3n) is 3.40. The maximum atomic E-state index is 5.82. The van der Waals surface area contributed by atoms with Gasteiger partial charge in [-0.15, -0.1) is 0 Å². The topological polar surface area (TPSA) is 49.0 Å². The third-order valence-corrected chi connectivity index (χ3v) is 3.40. The van der Waals surface area contributed by atoms with E-state index in [0.717, 1.165) is 23.6 Å². The fourth-order valence-electron chi connectivity index (χ4n) is 2.43. The van der Waals surface area contributed by atoms with Gasteiger partial charge in [0, 0.05) is 0 Å². The van der Waals surface area contributed by atoms with Crippen LogP contribution in [-0.2, 0) is 9.47 Å². The maximum Gasteiger partial charge on any atom is 0.161 e. The summed E-state index contributed by atoms with van der Waals surface area (Å²) in [4.78, 5) is 0. The number of benzene rings is 1. The average molecular weight is 281 g/mol. The van der Waals surface area contributed by atoms with Crippen LogP contribution in [0.1, 0.15) is 18.5 Å². The lowest BCUT2D eigenvalue weighted by Gasteiger charge is -2.31. The van der Waals surface area contributed by atoms with Crippen molar-refractivity contribution in [2.45, 2.75) is 19.1 Å². The van der Waals surface area contributed by atoms with Crippen LogP contribution in [0.15, 0.2) is 18.2 Å². The Kier molecular flexibility index (Phi) is 5.64. The second-order valence-corrected chi connectivity index (χ2v) is 4.63. The van der Waals surface area contributed by atoms with Crippen LogP contribution >= 0.6 is 0 Å². The van der Waals surface area contributed by atoms with Gasteiger partial charge in [-0.2, -0.15) is 0 Å². The molecule has 5 nitrogen and oxygen atoms in total. The molecule has 20 heavy (non-hydrogen) atoms. The Labute approximate surface area is 120 Å². The molecule has 0 bridgehead atoms. The number of likely N-dealkylation sites (N-methyl/N-ethyl adjacent to an activating group) is 1. The van der Waals surface area contributed by atoms with Gasteiger partial charge in [0.15, 0.2) is 11.5 Å². The quantitative estimate of drug-likeness (QED) is 0.861. The van der Waals surface area contributed by atoms with Crippen molar-refractivity contribution in [2.24, 2.45) is 0 Å². The standard InChI is InChI=1S/C15H23NO4/c1-4-16-15(14-10-19-7-8-20-14)11-5-6-12(17-2)13(9-11)18-3/h5-6,9,14-16H,4,7-8,10H2,1-3H3. The SMILES string of the molecule is CCNC(c1ccc(OC)c(OC)c1)C1COCCO1. The number of ether oxygens (including phenoxy) is 4. The van der Waals surface area contributed by atoms with Gasteiger partial charge in [-0.1, -0.05) is 13.0 Å². The normalized spacial score (nSPS) is 20.4. The van der Waals surface area contributed by atoms with Gasteiger partial charge in [0.05, 0.1) is 40.1 Å². The predicted octanol–water partition coefficient (Wildman–Crippen LogP) is 1.77. The van der Waals surface area contributed by atoms with Crippen LogP contribution in [0, 0.1) is 0 Å². The van der Waals surface area contributed by atoms with E-state index < -0.39 is 0 Å². The molecule has 1 aromatic carbocycles. The van der Waals surface area contributed by atoms with Gasteiger partial charge < -0.3 is 24.3 Å². The van der Waals surface area contributed by atoms with Crippen LogP contribution in [0.25, 0.3) is 0 Å². The smallest absolute Gasteiger partial charge is 0.161 e. The van der Waals surface area contributed by atoms with Gasteiger partial charge in [0.2, 0.25) is 0 Å². The van der Waals surface area contributed by atoms with E-state index in [9.17, 15) is 0 Å². The molecular formula is C15H23NO4. The maximum absolute atomic E-state index is 5.82. The van der Waals surface area contributed by atoms with Gasteiger partial charge >= 0.3 is 0 Å². The number of hydrogen-bond acceptors (Lipinski definition) is 5. The molecule has 0 amide bonds. The second-order valence-electron chi connectivity index (χ2n) is 4.63. The molecule has 1 aliphatic rings. The summed E-state index contributed by atoms with van der Waals surface area (Å²) in [5, 5.41) is 3.46. The van der Waals surface area contributed by atoms with Crippen LogP contribution in [0.2, 0.25) is 0 Å². The molecular weight excluding hydrogens is 258 g/mol. The highest BCUT2D eigenvalue weighted by Gasteiger charge is 2.26. The van der Waals surface area contributed by atoms with Crippen molar-refractivity contribution in [1.82, 2.24) is 5.32 Å². The molecule has 1 saturated heterocycles. The van der Waals surface area contributed by atoms with Crippen molar-refractivity contribution in [2.75, 3.05) is 40.6 Å². The first-order chi connectivity index (χ1) is 9.80. The Balaban J connectivity index is 2.23. The summed E-state index contributed by atoms with van der Waals surface area (Å²) in [6.07, 6.45) is 0.0156. The van der Waals surface area contributed by atoms with Crippen LogP contribution in [0.3, 0.4) is 0 Å². The van der Waals surface area contributed by atoms with E-state index in [0.29, 0.717) is 19.8 Å². The van der Waals surface area contributed by atoms with E-state index in [1.165, 1.54) is 0 Å². The van der Waals surface area contributed by atoms with Gasteiger partial charge in [-0.05, 0) is 24.2 Å².